The van der Waals surface area contributed by atoms with E-state index in [4.69, 9.17) is 29.6 Å². The lowest BCUT2D eigenvalue weighted by Crippen LogP contribution is -2.59. The Morgan fingerprint density at radius 1 is 1.26 bits per heavy atom. The molecule has 1 aliphatic heterocycles. The third-order valence-electron chi connectivity index (χ3n) is 3.56. The van der Waals surface area contributed by atoms with Gasteiger partial charge < -0.3 is 10.6 Å². The van der Waals surface area contributed by atoms with E-state index in [0.29, 0.717) is 10.0 Å². The molecule has 2 N–H and O–H groups in total. The van der Waals surface area contributed by atoms with Crippen LogP contribution in [0.15, 0.2) is 12.4 Å². The number of anilines is 1. The maximum Gasteiger partial charge on any atom is 0.225 e. The summed E-state index contributed by atoms with van der Waals surface area (Å²) in [5, 5.41) is 0.553. The highest BCUT2D eigenvalue weighted by atomic mass is 35.5. The predicted molar refractivity (Wildman–Crippen MR) is 81.7 cm³/mol. The van der Waals surface area contributed by atoms with Gasteiger partial charge in [0.05, 0.1) is 27.9 Å². The molecular weight excluding hydrogens is 282 g/mol. The number of piperazine rings is 1. The lowest BCUT2D eigenvalue weighted by Gasteiger charge is -2.43. The van der Waals surface area contributed by atoms with Crippen LogP contribution >= 0.6 is 23.8 Å². The summed E-state index contributed by atoms with van der Waals surface area (Å²) >= 11 is 10.9. The predicted octanol–water partition coefficient (Wildman–Crippen LogP) is 1.32. The molecule has 0 unspecified atom stereocenters. The highest BCUT2D eigenvalue weighted by Crippen LogP contribution is 2.19. The fraction of sp³-hybridized carbons (Fsp3) is 0.583. The van der Waals surface area contributed by atoms with E-state index < -0.39 is 0 Å². The van der Waals surface area contributed by atoms with Crippen LogP contribution in [0.25, 0.3) is 0 Å². The molecule has 0 atom stereocenters. The molecule has 1 aromatic rings. The first kappa shape index (κ1) is 14.4. The molecule has 1 aliphatic rings. The molecule has 1 saturated heterocycles. The Labute approximate surface area is 123 Å². The van der Waals surface area contributed by atoms with E-state index in [1.54, 1.807) is 12.4 Å². The van der Waals surface area contributed by atoms with Crippen molar-refractivity contribution in [3.05, 3.63) is 17.4 Å². The molecule has 0 spiro atoms. The van der Waals surface area contributed by atoms with E-state index in [1.807, 2.05) is 0 Å². The summed E-state index contributed by atoms with van der Waals surface area (Å²) in [7, 11) is 0. The van der Waals surface area contributed by atoms with Gasteiger partial charge in [0.15, 0.2) is 0 Å². The van der Waals surface area contributed by atoms with Gasteiger partial charge in [-0.15, -0.1) is 0 Å². The van der Waals surface area contributed by atoms with E-state index in [1.165, 1.54) is 0 Å². The number of halogens is 1. The number of hydrogen-bond acceptors (Lipinski definition) is 5. The van der Waals surface area contributed by atoms with Crippen molar-refractivity contribution in [1.82, 2.24) is 14.9 Å². The van der Waals surface area contributed by atoms with Crippen LogP contribution in [-0.2, 0) is 0 Å². The molecule has 1 aromatic heterocycles. The number of nitrogens with two attached hydrogens (primary N) is 1. The van der Waals surface area contributed by atoms with Crippen LogP contribution in [0.3, 0.4) is 0 Å². The first-order valence-corrected chi connectivity index (χ1v) is 6.97. The number of nitrogens with zero attached hydrogens (tertiary/aromatic N) is 4. The average molecular weight is 300 g/mol. The number of rotatable bonds is 3. The van der Waals surface area contributed by atoms with Crippen molar-refractivity contribution in [2.75, 3.05) is 31.1 Å². The van der Waals surface area contributed by atoms with Crippen LogP contribution in [0.4, 0.5) is 5.95 Å². The summed E-state index contributed by atoms with van der Waals surface area (Å²) in [5.41, 5.74) is 5.55. The fourth-order valence-corrected chi connectivity index (χ4v) is 2.32. The van der Waals surface area contributed by atoms with Gasteiger partial charge in [0.1, 0.15) is 0 Å². The maximum atomic E-state index is 5.80. The molecule has 2 heterocycles. The third kappa shape index (κ3) is 3.13. The Bertz CT molecular complexity index is 454. The Morgan fingerprint density at radius 2 is 1.79 bits per heavy atom. The van der Waals surface area contributed by atoms with Crippen LogP contribution in [0.1, 0.15) is 13.8 Å². The standard InChI is InChI=1S/C12H18ClN5S/c1-12(2,10(14)19)18-5-3-17(4-6-18)11-15-7-9(13)8-16-11/h7-8H,3-6H2,1-2H3,(H2,14,19). The second-order valence-corrected chi connectivity index (χ2v) is 5.97. The van der Waals surface area contributed by atoms with Gasteiger partial charge in [-0.25, -0.2) is 9.97 Å². The highest BCUT2D eigenvalue weighted by Gasteiger charge is 2.32. The van der Waals surface area contributed by atoms with Crippen LogP contribution in [0, 0.1) is 0 Å². The zero-order chi connectivity index (χ0) is 14.0. The number of hydrogen-bond donors (Lipinski definition) is 1. The quantitative estimate of drug-likeness (QED) is 0.850. The molecule has 5 nitrogen and oxygen atoms in total. The van der Waals surface area contributed by atoms with E-state index in [-0.39, 0.29) is 5.54 Å². The molecule has 0 radical (unpaired) electrons. The van der Waals surface area contributed by atoms with Crippen LogP contribution in [0.2, 0.25) is 5.02 Å². The lowest BCUT2D eigenvalue weighted by atomic mass is 10.0. The number of thiocarbonyl (C=S) groups is 1. The molecule has 7 heteroatoms. The fourth-order valence-electron chi connectivity index (χ4n) is 2.09. The van der Waals surface area contributed by atoms with Crippen molar-refractivity contribution >= 4 is 34.8 Å². The second-order valence-electron chi connectivity index (χ2n) is 5.10. The van der Waals surface area contributed by atoms with Gasteiger partial charge in [-0.2, -0.15) is 0 Å². The summed E-state index contributed by atoms with van der Waals surface area (Å²) < 4.78 is 0. The van der Waals surface area contributed by atoms with E-state index in [0.717, 1.165) is 32.1 Å². The maximum absolute atomic E-state index is 5.80. The highest BCUT2D eigenvalue weighted by molar-refractivity contribution is 7.80. The summed E-state index contributed by atoms with van der Waals surface area (Å²) in [4.78, 5) is 13.4. The van der Waals surface area contributed by atoms with Crippen LogP contribution in [-0.4, -0.2) is 51.6 Å². The molecule has 0 bridgehead atoms. The minimum absolute atomic E-state index is 0.248. The Kier molecular flexibility index (Phi) is 4.23. The first-order valence-electron chi connectivity index (χ1n) is 6.18. The lowest BCUT2D eigenvalue weighted by molar-refractivity contribution is 0.167. The Morgan fingerprint density at radius 3 is 2.26 bits per heavy atom. The molecular formula is C12H18ClN5S. The molecule has 0 aromatic carbocycles. The van der Waals surface area contributed by atoms with Crippen molar-refractivity contribution in [1.29, 1.82) is 0 Å². The molecule has 19 heavy (non-hydrogen) atoms. The Hall–Kier alpha value is -0.980. The van der Waals surface area contributed by atoms with Crippen molar-refractivity contribution in [3.8, 4) is 0 Å². The van der Waals surface area contributed by atoms with Crippen LogP contribution in [0.5, 0.6) is 0 Å². The van der Waals surface area contributed by atoms with Crippen molar-refractivity contribution in [2.24, 2.45) is 5.73 Å². The summed E-state index contributed by atoms with van der Waals surface area (Å²) in [5.74, 6) is 0.720. The largest absolute Gasteiger partial charge is 0.392 e. The molecule has 2 rings (SSSR count). The Balaban J connectivity index is 1.99. The van der Waals surface area contributed by atoms with Gasteiger partial charge in [-0.05, 0) is 13.8 Å². The summed E-state index contributed by atoms with van der Waals surface area (Å²) in [6.07, 6.45) is 3.24. The SMILES string of the molecule is CC(C)(C(N)=S)N1CCN(c2ncc(Cl)cn2)CC1. The van der Waals surface area contributed by atoms with Gasteiger partial charge in [0.25, 0.3) is 0 Å². The molecule has 1 fully saturated rings. The minimum atomic E-state index is -0.248. The summed E-state index contributed by atoms with van der Waals surface area (Å²) in [6.45, 7) is 7.60. The average Bonchev–Trinajstić information content (AvgIpc) is 2.39. The molecule has 0 amide bonds. The number of aromatic nitrogens is 2. The molecule has 0 saturated carbocycles. The van der Waals surface area contributed by atoms with Gasteiger partial charge in [0, 0.05) is 26.2 Å². The van der Waals surface area contributed by atoms with E-state index >= 15 is 0 Å². The van der Waals surface area contributed by atoms with Gasteiger partial charge in [0.2, 0.25) is 5.95 Å². The van der Waals surface area contributed by atoms with E-state index in [2.05, 4.69) is 33.6 Å². The second kappa shape index (κ2) is 5.56. The summed E-state index contributed by atoms with van der Waals surface area (Å²) in [6, 6.07) is 0. The van der Waals surface area contributed by atoms with Crippen molar-refractivity contribution in [3.63, 3.8) is 0 Å². The van der Waals surface area contributed by atoms with Crippen molar-refractivity contribution < 1.29 is 0 Å². The monoisotopic (exact) mass is 299 g/mol. The van der Waals surface area contributed by atoms with Gasteiger partial charge in [-0.1, -0.05) is 23.8 Å². The normalized spacial score (nSPS) is 17.5. The first-order chi connectivity index (χ1) is 8.91. The zero-order valence-corrected chi connectivity index (χ0v) is 12.7. The topological polar surface area (TPSA) is 58.3 Å². The van der Waals surface area contributed by atoms with E-state index in [9.17, 15) is 0 Å². The van der Waals surface area contributed by atoms with Gasteiger partial charge >= 0.3 is 0 Å². The van der Waals surface area contributed by atoms with Crippen LogP contribution < -0.4 is 10.6 Å². The smallest absolute Gasteiger partial charge is 0.225 e. The van der Waals surface area contributed by atoms with Crippen molar-refractivity contribution in [2.45, 2.75) is 19.4 Å². The molecule has 104 valence electrons. The minimum Gasteiger partial charge on any atom is -0.392 e. The van der Waals surface area contributed by atoms with Gasteiger partial charge in [-0.3, -0.25) is 4.90 Å². The third-order valence-corrected chi connectivity index (χ3v) is 4.26. The molecule has 0 aliphatic carbocycles. The zero-order valence-electron chi connectivity index (χ0n) is 11.1.